The third-order valence-corrected chi connectivity index (χ3v) is 11.7. The van der Waals surface area contributed by atoms with E-state index in [1.54, 1.807) is 0 Å². The minimum atomic E-state index is 0.0179. The molecule has 1 N–H and O–H groups in total. The zero-order valence-electron chi connectivity index (χ0n) is 33.9. The highest BCUT2D eigenvalue weighted by atomic mass is 15.0. The summed E-state index contributed by atoms with van der Waals surface area (Å²) in [6.07, 6.45) is 2.38. The molecule has 0 fully saturated rings. The average molecular weight is 793 g/mol. The fourth-order valence-electron chi connectivity index (χ4n) is 8.67. The summed E-state index contributed by atoms with van der Waals surface area (Å²) >= 11 is 0. The van der Waals surface area contributed by atoms with Crippen LogP contribution in [-0.4, -0.2) is 15.0 Å². The molecule has 0 radical (unpaired) electrons. The summed E-state index contributed by atoms with van der Waals surface area (Å²) in [6.45, 7) is 0. The molecule has 11 rings (SSSR count). The maximum atomic E-state index is 5.16. The van der Waals surface area contributed by atoms with E-state index in [2.05, 4.69) is 224 Å². The quantitative estimate of drug-likeness (QED) is 0.166. The van der Waals surface area contributed by atoms with Gasteiger partial charge in [0.25, 0.3) is 0 Å². The fraction of sp³-hybridized carbons (Fsp3) is 0.0172. The number of benzene rings is 9. The van der Waals surface area contributed by atoms with Gasteiger partial charge in [0.05, 0.1) is 6.04 Å². The van der Waals surface area contributed by atoms with Crippen LogP contribution in [0.15, 0.2) is 231 Å². The molecule has 0 spiro atoms. The predicted molar refractivity (Wildman–Crippen MR) is 256 cm³/mol. The third-order valence-electron chi connectivity index (χ3n) is 11.7. The summed E-state index contributed by atoms with van der Waals surface area (Å²) in [5.41, 5.74) is 15.5. The normalized spacial score (nSPS) is 13.2. The van der Waals surface area contributed by atoms with Gasteiger partial charge in [-0.3, -0.25) is 0 Å². The molecule has 1 atom stereocenters. The monoisotopic (exact) mass is 792 g/mol. The summed E-state index contributed by atoms with van der Waals surface area (Å²) in [6, 6.07) is 79.0. The second-order valence-corrected chi connectivity index (χ2v) is 15.6. The SMILES string of the molecule is C1=C(c2ccccc2)c2c(cc(-c3ccc(-c4nc(-c5cccc(-c6ccccc6)c5)nc(-c5cccc(-c6ccccc6)c5)n4)cc3)c3ccccc23)NC1c1ccccc1. The van der Waals surface area contributed by atoms with E-state index in [9.17, 15) is 0 Å². The van der Waals surface area contributed by atoms with Crippen LogP contribution in [0.25, 0.3) is 83.9 Å². The smallest absolute Gasteiger partial charge is 0.164 e. The second kappa shape index (κ2) is 16.1. The van der Waals surface area contributed by atoms with Crippen LogP contribution in [0.1, 0.15) is 22.7 Å². The molecule has 292 valence electrons. The minimum absolute atomic E-state index is 0.0179. The Kier molecular flexibility index (Phi) is 9.56. The zero-order valence-corrected chi connectivity index (χ0v) is 33.9. The lowest BCUT2D eigenvalue weighted by Gasteiger charge is -2.29. The van der Waals surface area contributed by atoms with Gasteiger partial charge in [-0.1, -0.05) is 206 Å². The van der Waals surface area contributed by atoms with Crippen molar-refractivity contribution in [2.75, 3.05) is 5.32 Å². The van der Waals surface area contributed by atoms with Crippen LogP contribution in [0.4, 0.5) is 5.69 Å². The molecule has 10 aromatic rings. The molecule has 9 aromatic carbocycles. The van der Waals surface area contributed by atoms with Gasteiger partial charge < -0.3 is 5.32 Å². The molecule has 1 unspecified atom stereocenters. The first-order valence-corrected chi connectivity index (χ1v) is 21.1. The van der Waals surface area contributed by atoms with Gasteiger partial charge in [0.2, 0.25) is 0 Å². The second-order valence-electron chi connectivity index (χ2n) is 15.6. The van der Waals surface area contributed by atoms with E-state index in [-0.39, 0.29) is 6.04 Å². The molecule has 62 heavy (non-hydrogen) atoms. The van der Waals surface area contributed by atoms with Crippen LogP contribution in [0.5, 0.6) is 0 Å². The van der Waals surface area contributed by atoms with E-state index >= 15 is 0 Å². The molecule has 4 heteroatoms. The maximum absolute atomic E-state index is 5.16. The van der Waals surface area contributed by atoms with E-state index in [0.717, 1.165) is 55.8 Å². The van der Waals surface area contributed by atoms with Crippen molar-refractivity contribution in [2.45, 2.75) is 6.04 Å². The van der Waals surface area contributed by atoms with Crippen molar-refractivity contribution in [1.82, 2.24) is 15.0 Å². The highest BCUT2D eigenvalue weighted by Crippen LogP contribution is 2.46. The lowest BCUT2D eigenvalue weighted by Crippen LogP contribution is -2.15. The molecule has 2 heterocycles. The Balaban J connectivity index is 1.02. The van der Waals surface area contributed by atoms with Gasteiger partial charge >= 0.3 is 0 Å². The number of anilines is 1. The van der Waals surface area contributed by atoms with Crippen molar-refractivity contribution in [3.05, 3.63) is 247 Å². The summed E-state index contributed by atoms with van der Waals surface area (Å²) in [5.74, 6) is 1.87. The topological polar surface area (TPSA) is 50.7 Å². The first-order valence-electron chi connectivity index (χ1n) is 21.1. The van der Waals surface area contributed by atoms with Gasteiger partial charge in [0.15, 0.2) is 17.5 Å². The Morgan fingerprint density at radius 1 is 0.323 bits per heavy atom. The van der Waals surface area contributed by atoms with Crippen molar-refractivity contribution in [3.8, 4) is 67.5 Å². The number of hydrogen-bond donors (Lipinski definition) is 1. The summed E-state index contributed by atoms with van der Waals surface area (Å²) < 4.78 is 0. The fourth-order valence-corrected chi connectivity index (χ4v) is 8.67. The Bertz CT molecular complexity index is 3130. The van der Waals surface area contributed by atoms with Crippen molar-refractivity contribution in [2.24, 2.45) is 0 Å². The molecule has 0 bridgehead atoms. The molecule has 1 aliphatic rings. The number of hydrogen-bond acceptors (Lipinski definition) is 4. The van der Waals surface area contributed by atoms with Crippen molar-refractivity contribution >= 4 is 22.0 Å². The van der Waals surface area contributed by atoms with Crippen LogP contribution in [0.2, 0.25) is 0 Å². The number of aromatic nitrogens is 3. The Hall–Kier alpha value is -8.21. The molecule has 0 saturated carbocycles. The Morgan fingerprint density at radius 3 is 1.32 bits per heavy atom. The van der Waals surface area contributed by atoms with Gasteiger partial charge in [-0.25, -0.2) is 15.0 Å². The maximum Gasteiger partial charge on any atom is 0.164 e. The summed E-state index contributed by atoms with van der Waals surface area (Å²) in [4.78, 5) is 15.5. The molecule has 0 saturated heterocycles. The first kappa shape index (κ1) is 36.8. The van der Waals surface area contributed by atoms with Crippen molar-refractivity contribution in [3.63, 3.8) is 0 Å². The Morgan fingerprint density at radius 2 is 0.758 bits per heavy atom. The predicted octanol–water partition coefficient (Wildman–Crippen LogP) is 14.6. The molecule has 1 aromatic heterocycles. The van der Waals surface area contributed by atoms with E-state index in [1.165, 1.54) is 33.0 Å². The zero-order chi connectivity index (χ0) is 41.2. The highest BCUT2D eigenvalue weighted by Gasteiger charge is 2.25. The van der Waals surface area contributed by atoms with Crippen molar-refractivity contribution in [1.29, 1.82) is 0 Å². The van der Waals surface area contributed by atoms with E-state index in [0.29, 0.717) is 17.5 Å². The highest BCUT2D eigenvalue weighted by molar-refractivity contribution is 6.10. The van der Waals surface area contributed by atoms with Crippen LogP contribution < -0.4 is 5.32 Å². The van der Waals surface area contributed by atoms with Gasteiger partial charge in [-0.05, 0) is 85.1 Å². The summed E-state index contributed by atoms with van der Waals surface area (Å²) in [7, 11) is 0. The molecule has 1 aliphatic heterocycles. The minimum Gasteiger partial charge on any atom is -0.374 e. The lowest BCUT2D eigenvalue weighted by atomic mass is 9.84. The molecular weight excluding hydrogens is 753 g/mol. The lowest BCUT2D eigenvalue weighted by molar-refractivity contribution is 0.975. The first-order chi connectivity index (χ1) is 30.7. The van der Waals surface area contributed by atoms with Crippen LogP contribution in [0.3, 0.4) is 0 Å². The molecule has 0 amide bonds. The molecule has 0 aliphatic carbocycles. The summed E-state index contributed by atoms with van der Waals surface area (Å²) in [5, 5.41) is 6.33. The van der Waals surface area contributed by atoms with Gasteiger partial charge in [-0.2, -0.15) is 0 Å². The van der Waals surface area contributed by atoms with Gasteiger partial charge in [0, 0.05) is 27.9 Å². The van der Waals surface area contributed by atoms with Crippen molar-refractivity contribution < 1.29 is 0 Å². The largest absolute Gasteiger partial charge is 0.374 e. The number of rotatable bonds is 8. The van der Waals surface area contributed by atoms with E-state index in [4.69, 9.17) is 15.0 Å². The van der Waals surface area contributed by atoms with E-state index < -0.39 is 0 Å². The molecular formula is C58H40N4. The number of nitrogens with one attached hydrogen (secondary N) is 1. The average Bonchev–Trinajstić information content (AvgIpc) is 3.37. The number of fused-ring (bicyclic) bond motifs is 3. The van der Waals surface area contributed by atoms with Crippen LogP contribution in [-0.2, 0) is 0 Å². The Labute approximate surface area is 361 Å². The van der Waals surface area contributed by atoms with Crippen LogP contribution in [0, 0.1) is 0 Å². The standard InChI is InChI=1S/C58H40N4/c1-5-17-39(18-6-1)45-25-15-27-47(35-45)57-60-56(61-58(62-57)48-28-16-26-46(36-48)40-19-7-2-8-20-40)44-33-31-42(32-34-44)51-37-54-55(50-30-14-13-29-49(50)51)52(41-21-9-3-10-22-41)38-53(59-54)43-23-11-4-12-24-43/h1-38,53,59H. The van der Waals surface area contributed by atoms with Gasteiger partial charge in [-0.15, -0.1) is 0 Å². The van der Waals surface area contributed by atoms with Gasteiger partial charge in [0.1, 0.15) is 0 Å². The third kappa shape index (κ3) is 7.14. The van der Waals surface area contributed by atoms with E-state index in [1.807, 2.05) is 12.1 Å². The molecule has 4 nitrogen and oxygen atoms in total. The number of nitrogens with zero attached hydrogens (tertiary/aromatic N) is 3. The van der Waals surface area contributed by atoms with Crippen LogP contribution >= 0.6 is 0 Å².